The van der Waals surface area contributed by atoms with Crippen LogP contribution in [0.3, 0.4) is 0 Å². The first kappa shape index (κ1) is 74.4. The zero-order valence-electron chi connectivity index (χ0n) is 49.5. The molecule has 0 aromatic carbocycles. The molecule has 0 aliphatic heterocycles. The van der Waals surface area contributed by atoms with Crippen molar-refractivity contribution in [2.24, 2.45) is 5.73 Å². The molecule has 0 saturated heterocycles. The minimum absolute atomic E-state index is 0.0386. The molecule has 0 aliphatic rings. The molecule has 0 bridgehead atoms. The van der Waals surface area contributed by atoms with Gasteiger partial charge in [-0.25, -0.2) is 4.57 Å². The van der Waals surface area contributed by atoms with Crippen molar-refractivity contribution in [3.63, 3.8) is 0 Å². The van der Waals surface area contributed by atoms with Gasteiger partial charge < -0.3 is 20.1 Å². The Morgan fingerprint density at radius 3 is 1.04 bits per heavy atom. The fourth-order valence-electron chi connectivity index (χ4n) is 7.59. The highest BCUT2D eigenvalue weighted by Crippen LogP contribution is 2.43. The van der Waals surface area contributed by atoms with E-state index in [1.165, 1.54) is 25.7 Å². The predicted molar refractivity (Wildman–Crippen MR) is 339 cm³/mol. The van der Waals surface area contributed by atoms with Gasteiger partial charge in [-0.1, -0.05) is 242 Å². The van der Waals surface area contributed by atoms with Crippen molar-refractivity contribution in [2.45, 2.75) is 225 Å². The maximum absolute atomic E-state index is 12.7. The fraction of sp³-hybridized carbons (Fsp3) is 0.565. The molecule has 0 aromatic heterocycles. The van der Waals surface area contributed by atoms with Crippen molar-refractivity contribution in [1.82, 2.24) is 0 Å². The summed E-state index contributed by atoms with van der Waals surface area (Å²) >= 11 is 0. The highest BCUT2D eigenvalue weighted by molar-refractivity contribution is 7.47. The van der Waals surface area contributed by atoms with Crippen molar-refractivity contribution < 1.29 is 37.6 Å². The molecule has 10 heteroatoms. The van der Waals surface area contributed by atoms with Crippen LogP contribution in [0.2, 0.25) is 0 Å². The first-order chi connectivity index (χ1) is 38.8. The van der Waals surface area contributed by atoms with Crippen molar-refractivity contribution in [3.8, 4) is 0 Å². The molecule has 0 aromatic rings. The van der Waals surface area contributed by atoms with Gasteiger partial charge >= 0.3 is 19.8 Å². The number of esters is 2. The molecule has 79 heavy (non-hydrogen) atoms. The summed E-state index contributed by atoms with van der Waals surface area (Å²) in [4.78, 5) is 35.2. The van der Waals surface area contributed by atoms with E-state index < -0.39 is 32.5 Å². The zero-order chi connectivity index (χ0) is 57.3. The summed E-state index contributed by atoms with van der Waals surface area (Å²) in [6.45, 7) is 3.54. The minimum Gasteiger partial charge on any atom is -0.462 e. The van der Waals surface area contributed by atoms with Crippen LogP contribution in [0.4, 0.5) is 0 Å². The maximum Gasteiger partial charge on any atom is 0.472 e. The van der Waals surface area contributed by atoms with Crippen LogP contribution in [0, 0.1) is 0 Å². The van der Waals surface area contributed by atoms with Crippen LogP contribution >= 0.6 is 7.82 Å². The van der Waals surface area contributed by atoms with Crippen LogP contribution < -0.4 is 5.73 Å². The number of phosphoric acid groups is 1. The van der Waals surface area contributed by atoms with Gasteiger partial charge in [0.1, 0.15) is 6.61 Å². The van der Waals surface area contributed by atoms with Crippen molar-refractivity contribution in [3.05, 3.63) is 170 Å². The van der Waals surface area contributed by atoms with Crippen LogP contribution in [0.1, 0.15) is 219 Å². The standard InChI is InChI=1S/C69H110NO8P/c1-3-5-7-9-11-13-15-17-19-21-23-24-25-26-27-28-29-30-31-32-33-34-35-36-37-38-39-40-41-42-44-46-48-50-52-54-56-58-60-62-69(72)78-67(66-77-79(73,74)76-64-63-70)65-75-68(71)61-59-57-55-53-51-49-47-45-43-22-20-18-16-14-12-10-8-6-4-2/h5,7,11-14,17-20,23-24,26-27,29-30,32-33,35-36,38-39,41-43,45-46,48,67H,3-4,6,8-10,15-16,21-22,25,28,31,34,37,40,44,47,49-66,70H2,1-2H3,(H,73,74)/b7-5-,13-11-,14-12-,19-17-,20-18-,24-23-,27-26-,30-29-,33-32-,36-35-,39-38-,42-41-,45-43-,48-46-. The molecular formula is C69H110NO8P. The van der Waals surface area contributed by atoms with E-state index in [-0.39, 0.29) is 32.6 Å². The van der Waals surface area contributed by atoms with Crippen LogP contribution in [-0.4, -0.2) is 49.3 Å². The minimum atomic E-state index is -4.41. The molecule has 0 saturated carbocycles. The molecule has 0 spiro atoms. The van der Waals surface area contributed by atoms with Gasteiger partial charge in [-0.05, 0) is 135 Å². The number of phosphoric ester groups is 1. The second-order valence-electron chi connectivity index (χ2n) is 19.5. The van der Waals surface area contributed by atoms with Crippen LogP contribution in [0.15, 0.2) is 170 Å². The van der Waals surface area contributed by atoms with Crippen molar-refractivity contribution >= 4 is 19.8 Å². The van der Waals surface area contributed by atoms with E-state index >= 15 is 0 Å². The molecular weight excluding hydrogens is 1000 g/mol. The number of allylic oxidation sites excluding steroid dienone is 28. The normalized spacial score (nSPS) is 14.2. The first-order valence-corrected chi connectivity index (χ1v) is 32.1. The van der Waals surface area contributed by atoms with E-state index in [4.69, 9.17) is 24.3 Å². The molecule has 0 amide bonds. The van der Waals surface area contributed by atoms with E-state index in [1.807, 2.05) is 0 Å². The summed E-state index contributed by atoms with van der Waals surface area (Å²) in [5, 5.41) is 0. The Bertz CT molecular complexity index is 1890. The number of unbranched alkanes of at least 4 members (excludes halogenated alkanes) is 14. The summed E-state index contributed by atoms with van der Waals surface area (Å²) in [5.41, 5.74) is 5.38. The second kappa shape index (κ2) is 62.6. The maximum atomic E-state index is 12.7. The lowest BCUT2D eigenvalue weighted by molar-refractivity contribution is -0.161. The van der Waals surface area contributed by atoms with Gasteiger partial charge in [0.05, 0.1) is 13.2 Å². The van der Waals surface area contributed by atoms with Gasteiger partial charge in [0.25, 0.3) is 0 Å². The average Bonchev–Trinajstić information content (AvgIpc) is 3.44. The zero-order valence-corrected chi connectivity index (χ0v) is 50.4. The molecule has 0 heterocycles. The molecule has 0 aliphatic carbocycles. The lowest BCUT2D eigenvalue weighted by Gasteiger charge is -2.19. The summed E-state index contributed by atoms with van der Waals surface area (Å²) < 4.78 is 33.0. The molecule has 0 radical (unpaired) electrons. The van der Waals surface area contributed by atoms with Gasteiger partial charge in [-0.2, -0.15) is 0 Å². The van der Waals surface area contributed by atoms with E-state index in [2.05, 4.69) is 184 Å². The SMILES string of the molecule is CC/C=C\C/C=C\C/C=C\C/C=C\C/C=C\C/C=C\C/C=C\C/C=C\C/C=C\C/C=C\C/C=C\CCCCCCCC(=O)OC(COC(=O)CCCCCCCC/C=C\C/C=C\C/C=C\CCCCC)COP(=O)(O)OCCN. The smallest absolute Gasteiger partial charge is 0.462 e. The quantitative estimate of drug-likeness (QED) is 0.0264. The number of carbonyl (C=O) groups is 2. The van der Waals surface area contributed by atoms with Gasteiger partial charge in [0, 0.05) is 19.4 Å². The molecule has 444 valence electrons. The van der Waals surface area contributed by atoms with Gasteiger partial charge in [0.2, 0.25) is 0 Å². The lowest BCUT2D eigenvalue weighted by Crippen LogP contribution is -2.29. The van der Waals surface area contributed by atoms with E-state index in [0.717, 1.165) is 154 Å². The number of carbonyl (C=O) groups excluding carboxylic acids is 2. The monoisotopic (exact) mass is 1110 g/mol. The van der Waals surface area contributed by atoms with E-state index in [0.29, 0.717) is 12.8 Å². The number of hydrogen-bond donors (Lipinski definition) is 2. The molecule has 0 fully saturated rings. The Kier molecular flexibility index (Phi) is 58.9. The number of nitrogens with two attached hydrogens (primary N) is 1. The molecule has 3 N–H and O–H groups in total. The highest BCUT2D eigenvalue weighted by Gasteiger charge is 2.26. The third-order valence-electron chi connectivity index (χ3n) is 12.1. The van der Waals surface area contributed by atoms with Crippen LogP contribution in [-0.2, 0) is 32.7 Å². The third kappa shape index (κ3) is 62.4. The second-order valence-corrected chi connectivity index (χ2v) is 20.9. The van der Waals surface area contributed by atoms with Gasteiger partial charge in [-0.3, -0.25) is 18.6 Å². The molecule has 9 nitrogen and oxygen atoms in total. The average molecular weight is 1110 g/mol. The van der Waals surface area contributed by atoms with E-state index in [9.17, 15) is 19.0 Å². The summed E-state index contributed by atoms with van der Waals surface area (Å²) in [6, 6.07) is 0. The van der Waals surface area contributed by atoms with Crippen molar-refractivity contribution in [2.75, 3.05) is 26.4 Å². The summed E-state index contributed by atoms with van der Waals surface area (Å²) in [6.07, 6.45) is 92.7. The predicted octanol–water partition coefficient (Wildman–Crippen LogP) is 19.8. The topological polar surface area (TPSA) is 134 Å². The first-order valence-electron chi connectivity index (χ1n) is 30.6. The largest absolute Gasteiger partial charge is 0.472 e. The van der Waals surface area contributed by atoms with Crippen LogP contribution in [0.25, 0.3) is 0 Å². The Morgan fingerprint density at radius 2 is 0.696 bits per heavy atom. The molecule has 0 rings (SSSR count). The Hall–Kier alpha value is -4.63. The number of rotatable bonds is 55. The Morgan fingerprint density at radius 1 is 0.392 bits per heavy atom. The van der Waals surface area contributed by atoms with Gasteiger partial charge in [-0.15, -0.1) is 0 Å². The molecule has 2 unspecified atom stereocenters. The summed E-state index contributed by atoms with van der Waals surface area (Å²) in [5.74, 6) is -0.878. The van der Waals surface area contributed by atoms with Gasteiger partial charge in [0.15, 0.2) is 6.10 Å². The van der Waals surface area contributed by atoms with E-state index in [1.54, 1.807) is 0 Å². The number of hydrogen-bond acceptors (Lipinski definition) is 8. The Balaban J connectivity index is 4.08. The summed E-state index contributed by atoms with van der Waals surface area (Å²) in [7, 11) is -4.41. The van der Waals surface area contributed by atoms with Crippen molar-refractivity contribution in [1.29, 1.82) is 0 Å². The van der Waals surface area contributed by atoms with Crippen LogP contribution in [0.5, 0.6) is 0 Å². The third-order valence-corrected chi connectivity index (χ3v) is 13.1. The number of ether oxygens (including phenoxy) is 2. The fourth-order valence-corrected chi connectivity index (χ4v) is 8.35. The Labute approximate surface area is 482 Å². The molecule has 2 atom stereocenters. The lowest BCUT2D eigenvalue weighted by atomic mass is 10.1. The highest BCUT2D eigenvalue weighted by atomic mass is 31.2.